The topological polar surface area (TPSA) is 90.2 Å². The summed E-state index contributed by atoms with van der Waals surface area (Å²) in [5, 5.41) is 36.1. The molecule has 9 aliphatic rings. The first-order valence-corrected chi connectivity index (χ1v) is 12.5. The maximum Gasteiger partial charge on any atom is 0.338 e. The summed E-state index contributed by atoms with van der Waals surface area (Å²) < 4.78 is 6.13. The summed E-state index contributed by atoms with van der Waals surface area (Å²) >= 11 is 0. The minimum atomic E-state index is -1.17. The van der Waals surface area contributed by atoms with Gasteiger partial charge < -0.3 is 20.1 Å². The van der Waals surface area contributed by atoms with Crippen LogP contribution >= 0.6 is 0 Å². The van der Waals surface area contributed by atoms with E-state index in [9.17, 15) is 20.1 Å². The van der Waals surface area contributed by atoms with Gasteiger partial charge in [-0.25, -0.2) is 4.79 Å². The predicted molar refractivity (Wildman–Crippen MR) is 118 cm³/mol. The van der Waals surface area contributed by atoms with Crippen LogP contribution in [0.15, 0.2) is 42.5 Å². The summed E-state index contributed by atoms with van der Waals surface area (Å²) in [7, 11) is 0. The van der Waals surface area contributed by atoms with Crippen molar-refractivity contribution in [1.82, 2.24) is 4.90 Å². The zero-order valence-corrected chi connectivity index (χ0v) is 18.9. The fourth-order valence-corrected chi connectivity index (χ4v) is 11.4. The lowest BCUT2D eigenvalue weighted by molar-refractivity contribution is -0.310. The maximum atomic E-state index is 13.0. The molecule has 6 nitrogen and oxygen atoms in total. The normalized spacial score (nSPS) is 60.5. The third-order valence-electron chi connectivity index (χ3n) is 11.7. The Labute approximate surface area is 193 Å². The molecule has 2 spiro atoms. The molecular weight excluding hydrogens is 418 g/mol. The molecule has 1 aromatic rings. The molecule has 3 saturated heterocycles. The maximum absolute atomic E-state index is 13.0. The summed E-state index contributed by atoms with van der Waals surface area (Å²) in [6.07, 6.45) is 0.870. The Bertz CT molecular complexity index is 1120. The van der Waals surface area contributed by atoms with E-state index in [1.165, 1.54) is 0 Å². The number of hydrogen-bond acceptors (Lipinski definition) is 6. The average Bonchev–Trinajstić information content (AvgIpc) is 3.24. The fraction of sp³-hybridized carbons (Fsp3) is 0.667. The number of nitrogens with zero attached hydrogens (tertiary/aromatic N) is 1. The molecule has 9 bridgehead atoms. The van der Waals surface area contributed by atoms with E-state index < -0.39 is 28.6 Å². The van der Waals surface area contributed by atoms with Crippen LogP contribution in [0.4, 0.5) is 0 Å². The zero-order valence-electron chi connectivity index (χ0n) is 18.9. The van der Waals surface area contributed by atoms with Crippen LogP contribution in [0, 0.1) is 34.0 Å². The molecule has 9 fully saturated rings. The van der Waals surface area contributed by atoms with Crippen molar-refractivity contribution in [3.05, 3.63) is 48.0 Å². The quantitative estimate of drug-likeness (QED) is 0.471. The Morgan fingerprint density at radius 2 is 1.94 bits per heavy atom. The number of carbonyl (C=O) groups excluding carboxylic acids is 1. The molecule has 3 N–H and O–H groups in total. The molecule has 174 valence electrons. The van der Waals surface area contributed by atoms with Crippen molar-refractivity contribution in [2.75, 3.05) is 6.54 Å². The summed E-state index contributed by atoms with van der Waals surface area (Å²) in [6.45, 7) is 7.32. The van der Waals surface area contributed by atoms with Crippen LogP contribution in [0.2, 0.25) is 0 Å². The van der Waals surface area contributed by atoms with Gasteiger partial charge in [0.05, 0.1) is 28.8 Å². The molecule has 0 amide bonds. The average molecular weight is 450 g/mol. The van der Waals surface area contributed by atoms with E-state index in [-0.39, 0.29) is 47.3 Å². The highest BCUT2D eigenvalue weighted by molar-refractivity contribution is 5.89. The first-order chi connectivity index (χ1) is 15.7. The van der Waals surface area contributed by atoms with Crippen molar-refractivity contribution in [3.8, 4) is 0 Å². The van der Waals surface area contributed by atoms with Gasteiger partial charge in [0, 0.05) is 24.0 Å². The van der Waals surface area contributed by atoms with Gasteiger partial charge >= 0.3 is 5.97 Å². The van der Waals surface area contributed by atoms with Crippen molar-refractivity contribution in [2.45, 2.75) is 68.6 Å². The molecule has 13 atom stereocenters. The second-order valence-electron chi connectivity index (χ2n) is 12.5. The van der Waals surface area contributed by atoms with Crippen molar-refractivity contribution >= 4 is 5.97 Å². The molecule has 10 rings (SSSR count). The Morgan fingerprint density at radius 3 is 2.70 bits per heavy atom. The number of aliphatic hydroxyl groups is 3. The van der Waals surface area contributed by atoms with Crippen molar-refractivity contribution in [3.63, 3.8) is 0 Å². The Balaban J connectivity index is 1.27. The van der Waals surface area contributed by atoms with Crippen molar-refractivity contribution in [1.29, 1.82) is 0 Å². The number of hydrogen-bond donors (Lipinski definition) is 3. The molecule has 0 radical (unpaired) electrons. The summed E-state index contributed by atoms with van der Waals surface area (Å²) in [6, 6.07) is 9.20. The van der Waals surface area contributed by atoms with Crippen LogP contribution in [0.25, 0.3) is 0 Å². The standard InChI is InChI=1S/C27H31NO5/c1-13-15-8-17-20-25-11-16(33-23(31)14-6-4-3-5-7-14)10-24(2)12-28(20)18(19(24)25)22(30)27(17,21(13)29)26(25,32)9-15/h3-7,15-22,29-30,32H,1,8-12H2,2H3. The Kier molecular flexibility index (Phi) is 3.20. The van der Waals surface area contributed by atoms with Gasteiger partial charge in [-0.3, -0.25) is 4.90 Å². The largest absolute Gasteiger partial charge is 0.459 e. The first-order valence-electron chi connectivity index (χ1n) is 12.5. The molecule has 3 aliphatic heterocycles. The predicted octanol–water partition coefficient (Wildman–Crippen LogP) is 1.74. The lowest BCUT2D eigenvalue weighted by atomic mass is 9.37. The SMILES string of the molecule is C=C1C2CC3C4N5CC6(C)CC(OC(=O)c7ccccc7)CC47C6C5C(O)C3(C1O)C7(O)C2. The molecular formula is C27H31NO5. The van der Waals surface area contributed by atoms with Crippen LogP contribution in [0.1, 0.15) is 43.0 Å². The van der Waals surface area contributed by atoms with E-state index in [4.69, 9.17) is 4.74 Å². The van der Waals surface area contributed by atoms with E-state index in [0.29, 0.717) is 18.4 Å². The summed E-state index contributed by atoms with van der Waals surface area (Å²) in [4.78, 5) is 15.5. The number of rotatable bonds is 2. The van der Waals surface area contributed by atoms with E-state index in [1.54, 1.807) is 12.1 Å². The van der Waals surface area contributed by atoms with Crippen LogP contribution in [-0.2, 0) is 4.74 Å². The number of benzene rings is 1. The summed E-state index contributed by atoms with van der Waals surface area (Å²) in [5.41, 5.74) is -1.39. The number of carbonyl (C=O) groups is 1. The summed E-state index contributed by atoms with van der Waals surface area (Å²) in [5.74, 6) is -0.0287. The molecule has 6 saturated carbocycles. The van der Waals surface area contributed by atoms with E-state index in [1.807, 2.05) is 18.2 Å². The first kappa shape index (κ1) is 19.6. The van der Waals surface area contributed by atoms with Crippen LogP contribution in [0.5, 0.6) is 0 Å². The molecule has 6 heteroatoms. The molecule has 6 aliphatic carbocycles. The fourth-order valence-electron chi connectivity index (χ4n) is 11.4. The van der Waals surface area contributed by atoms with Gasteiger partial charge in [0.15, 0.2) is 0 Å². The molecule has 0 aromatic heterocycles. The third-order valence-corrected chi connectivity index (χ3v) is 11.7. The van der Waals surface area contributed by atoms with E-state index >= 15 is 0 Å². The minimum absolute atomic E-state index is 0.0422. The van der Waals surface area contributed by atoms with Gasteiger partial charge in [0.1, 0.15) is 6.10 Å². The van der Waals surface area contributed by atoms with Gasteiger partial charge in [-0.1, -0.05) is 31.7 Å². The number of aliphatic hydroxyl groups excluding tert-OH is 2. The number of ether oxygens (including phenoxy) is 1. The van der Waals surface area contributed by atoms with E-state index in [0.717, 1.165) is 25.0 Å². The molecule has 13 unspecified atom stereocenters. The zero-order chi connectivity index (χ0) is 22.7. The van der Waals surface area contributed by atoms with Gasteiger partial charge in [0.25, 0.3) is 0 Å². The van der Waals surface area contributed by atoms with E-state index in [2.05, 4.69) is 18.4 Å². The molecule has 1 aromatic carbocycles. The van der Waals surface area contributed by atoms with Crippen LogP contribution < -0.4 is 0 Å². The minimum Gasteiger partial charge on any atom is -0.459 e. The number of piperidine rings is 2. The van der Waals surface area contributed by atoms with Crippen molar-refractivity contribution in [2.24, 2.45) is 34.0 Å². The lowest BCUT2D eigenvalue weighted by Gasteiger charge is -2.70. The third kappa shape index (κ3) is 1.67. The highest BCUT2D eigenvalue weighted by atomic mass is 16.5. The molecule has 33 heavy (non-hydrogen) atoms. The lowest BCUT2D eigenvalue weighted by Crippen LogP contribution is -2.79. The highest BCUT2D eigenvalue weighted by Crippen LogP contribution is 2.88. The van der Waals surface area contributed by atoms with Crippen molar-refractivity contribution < 1.29 is 24.9 Å². The van der Waals surface area contributed by atoms with Gasteiger partial charge in [0.2, 0.25) is 0 Å². The second kappa shape index (κ2) is 5.40. The Morgan fingerprint density at radius 1 is 1.18 bits per heavy atom. The van der Waals surface area contributed by atoms with Crippen LogP contribution in [0.3, 0.4) is 0 Å². The van der Waals surface area contributed by atoms with Gasteiger partial charge in [-0.15, -0.1) is 0 Å². The van der Waals surface area contributed by atoms with Crippen LogP contribution in [-0.4, -0.2) is 68.7 Å². The van der Waals surface area contributed by atoms with Gasteiger partial charge in [-0.2, -0.15) is 0 Å². The van der Waals surface area contributed by atoms with Gasteiger partial charge in [-0.05, 0) is 66.6 Å². The Hall–Kier alpha value is -1.73. The smallest absolute Gasteiger partial charge is 0.338 e. The molecule has 3 heterocycles. The number of esters is 1. The monoisotopic (exact) mass is 449 g/mol. The number of fused-ring (bicyclic) bond motifs is 1. The second-order valence-corrected chi connectivity index (χ2v) is 12.5. The highest BCUT2D eigenvalue weighted by Gasteiger charge is 2.96.